The van der Waals surface area contributed by atoms with Crippen molar-refractivity contribution < 1.29 is 9.90 Å². The number of aromatic carboxylic acids is 1. The number of nitrogens with one attached hydrogen (secondary N) is 2. The lowest BCUT2D eigenvalue weighted by atomic mass is 10.1. The molecule has 0 heterocycles. The standard InChI is InChI=1S/C9H11N3O2/c10-9(11)12-5-6-3-1-2-4-7(6)8(13)14/h1-4H,5H2,(H,13,14)(H4,10,11,12). The summed E-state index contributed by atoms with van der Waals surface area (Å²) < 4.78 is 0. The van der Waals surface area contributed by atoms with Crippen molar-refractivity contribution in [1.29, 1.82) is 5.41 Å². The Morgan fingerprint density at radius 1 is 1.50 bits per heavy atom. The highest BCUT2D eigenvalue weighted by Crippen LogP contribution is 2.07. The van der Waals surface area contributed by atoms with E-state index in [4.69, 9.17) is 16.2 Å². The van der Waals surface area contributed by atoms with Crippen molar-refractivity contribution in [2.24, 2.45) is 5.73 Å². The molecule has 1 aromatic carbocycles. The highest BCUT2D eigenvalue weighted by molar-refractivity contribution is 5.89. The Balaban J connectivity index is 2.84. The average Bonchev–Trinajstić information content (AvgIpc) is 2.15. The smallest absolute Gasteiger partial charge is 0.336 e. The Hall–Kier alpha value is -2.04. The van der Waals surface area contributed by atoms with Crippen LogP contribution in [0.4, 0.5) is 0 Å². The number of hydrogen-bond donors (Lipinski definition) is 4. The molecule has 0 fully saturated rings. The molecule has 0 atom stereocenters. The SMILES string of the molecule is N=C(N)NCc1ccccc1C(=O)O. The van der Waals surface area contributed by atoms with Crippen molar-refractivity contribution in [2.45, 2.75) is 6.54 Å². The molecule has 0 aromatic heterocycles. The minimum Gasteiger partial charge on any atom is -0.478 e. The molecule has 0 radical (unpaired) electrons. The van der Waals surface area contributed by atoms with Crippen molar-refractivity contribution in [3.05, 3.63) is 35.4 Å². The van der Waals surface area contributed by atoms with Crippen molar-refractivity contribution >= 4 is 11.9 Å². The van der Waals surface area contributed by atoms with Crippen molar-refractivity contribution in [2.75, 3.05) is 0 Å². The van der Waals surface area contributed by atoms with Gasteiger partial charge in [-0.3, -0.25) is 5.41 Å². The van der Waals surface area contributed by atoms with Gasteiger partial charge in [-0.15, -0.1) is 0 Å². The topological polar surface area (TPSA) is 99.2 Å². The highest BCUT2D eigenvalue weighted by atomic mass is 16.4. The number of nitrogens with two attached hydrogens (primary N) is 1. The first-order chi connectivity index (χ1) is 6.61. The van der Waals surface area contributed by atoms with Crippen LogP contribution in [-0.4, -0.2) is 17.0 Å². The Kier molecular flexibility index (Phi) is 3.06. The molecule has 5 N–H and O–H groups in total. The number of rotatable bonds is 3. The summed E-state index contributed by atoms with van der Waals surface area (Å²) in [5.41, 5.74) is 5.92. The lowest BCUT2D eigenvalue weighted by Gasteiger charge is -2.06. The lowest BCUT2D eigenvalue weighted by Crippen LogP contribution is -2.30. The molecule has 0 saturated heterocycles. The quantitative estimate of drug-likeness (QED) is 0.411. The van der Waals surface area contributed by atoms with Gasteiger partial charge in [0, 0.05) is 6.54 Å². The fourth-order valence-corrected chi connectivity index (χ4v) is 1.07. The zero-order valence-corrected chi connectivity index (χ0v) is 7.45. The number of hydrogen-bond acceptors (Lipinski definition) is 2. The van der Waals surface area contributed by atoms with Crippen LogP contribution in [0.5, 0.6) is 0 Å². The van der Waals surface area contributed by atoms with Crippen LogP contribution in [0.3, 0.4) is 0 Å². The Morgan fingerprint density at radius 3 is 2.71 bits per heavy atom. The fourth-order valence-electron chi connectivity index (χ4n) is 1.07. The monoisotopic (exact) mass is 193 g/mol. The van der Waals surface area contributed by atoms with Crippen LogP contribution in [0.2, 0.25) is 0 Å². The number of carbonyl (C=O) groups is 1. The van der Waals surface area contributed by atoms with E-state index in [9.17, 15) is 4.79 Å². The molecule has 0 bridgehead atoms. The molecular weight excluding hydrogens is 182 g/mol. The summed E-state index contributed by atoms with van der Waals surface area (Å²) in [6.07, 6.45) is 0. The van der Waals surface area contributed by atoms with E-state index in [-0.39, 0.29) is 18.1 Å². The third-order valence-electron chi connectivity index (χ3n) is 1.72. The second kappa shape index (κ2) is 4.27. The Morgan fingerprint density at radius 2 is 2.14 bits per heavy atom. The number of carboxylic acid groups (broad SMARTS) is 1. The van der Waals surface area contributed by atoms with Crippen LogP contribution in [0.15, 0.2) is 24.3 Å². The van der Waals surface area contributed by atoms with E-state index in [1.54, 1.807) is 18.2 Å². The summed E-state index contributed by atoms with van der Waals surface area (Å²) in [4.78, 5) is 10.8. The summed E-state index contributed by atoms with van der Waals surface area (Å²) >= 11 is 0. The second-order valence-corrected chi connectivity index (χ2v) is 2.73. The fraction of sp³-hybridized carbons (Fsp3) is 0.111. The van der Waals surface area contributed by atoms with Gasteiger partial charge >= 0.3 is 5.97 Å². The van der Waals surface area contributed by atoms with Gasteiger partial charge in [0.25, 0.3) is 0 Å². The first-order valence-corrected chi connectivity index (χ1v) is 4.00. The van der Waals surface area contributed by atoms with E-state index >= 15 is 0 Å². The summed E-state index contributed by atoms with van der Waals surface area (Å²) in [5, 5.41) is 18.3. The molecule has 74 valence electrons. The maximum absolute atomic E-state index is 10.8. The van der Waals surface area contributed by atoms with E-state index in [2.05, 4.69) is 5.32 Å². The zero-order chi connectivity index (χ0) is 10.6. The molecule has 0 aliphatic rings. The summed E-state index contributed by atoms with van der Waals surface area (Å²) in [5.74, 6) is -1.16. The van der Waals surface area contributed by atoms with Gasteiger partial charge in [-0.05, 0) is 11.6 Å². The highest BCUT2D eigenvalue weighted by Gasteiger charge is 2.07. The molecule has 0 spiro atoms. The Labute approximate surface area is 81.1 Å². The third-order valence-corrected chi connectivity index (χ3v) is 1.72. The van der Waals surface area contributed by atoms with E-state index < -0.39 is 5.97 Å². The van der Waals surface area contributed by atoms with Crippen molar-refractivity contribution in [3.63, 3.8) is 0 Å². The maximum Gasteiger partial charge on any atom is 0.336 e. The van der Waals surface area contributed by atoms with Crippen LogP contribution in [-0.2, 0) is 6.54 Å². The van der Waals surface area contributed by atoms with E-state index in [0.717, 1.165) is 0 Å². The number of carboxylic acids is 1. The first-order valence-electron chi connectivity index (χ1n) is 4.00. The predicted octanol–water partition coefficient (Wildman–Crippen LogP) is 0.368. The van der Waals surface area contributed by atoms with Crippen molar-refractivity contribution in [1.82, 2.24) is 5.32 Å². The first kappa shape index (κ1) is 10.0. The molecule has 0 unspecified atom stereocenters. The molecule has 0 saturated carbocycles. The van der Waals surface area contributed by atoms with Gasteiger partial charge in [0.15, 0.2) is 5.96 Å². The average molecular weight is 193 g/mol. The molecule has 0 amide bonds. The van der Waals surface area contributed by atoms with Gasteiger partial charge in [0.1, 0.15) is 0 Å². The van der Waals surface area contributed by atoms with Gasteiger partial charge in [-0.2, -0.15) is 0 Å². The van der Waals surface area contributed by atoms with Crippen LogP contribution >= 0.6 is 0 Å². The zero-order valence-electron chi connectivity index (χ0n) is 7.45. The molecule has 14 heavy (non-hydrogen) atoms. The van der Waals surface area contributed by atoms with Gasteiger partial charge in [0.2, 0.25) is 0 Å². The van der Waals surface area contributed by atoms with Crippen molar-refractivity contribution in [3.8, 4) is 0 Å². The van der Waals surface area contributed by atoms with Gasteiger partial charge < -0.3 is 16.2 Å². The Bertz CT molecular complexity index is 363. The van der Waals surface area contributed by atoms with E-state index in [0.29, 0.717) is 5.56 Å². The number of benzene rings is 1. The van der Waals surface area contributed by atoms with Gasteiger partial charge in [0.05, 0.1) is 5.56 Å². The summed E-state index contributed by atoms with van der Waals surface area (Å²) in [6.45, 7) is 0.248. The van der Waals surface area contributed by atoms with Gasteiger partial charge in [-0.1, -0.05) is 18.2 Å². The molecular formula is C9H11N3O2. The van der Waals surface area contributed by atoms with Crippen LogP contribution in [0, 0.1) is 5.41 Å². The molecule has 5 nitrogen and oxygen atoms in total. The van der Waals surface area contributed by atoms with Gasteiger partial charge in [-0.25, -0.2) is 4.79 Å². The van der Waals surface area contributed by atoms with Crippen LogP contribution in [0.1, 0.15) is 15.9 Å². The molecule has 0 aliphatic carbocycles. The molecule has 1 aromatic rings. The van der Waals surface area contributed by atoms with E-state index in [1.165, 1.54) is 6.07 Å². The second-order valence-electron chi connectivity index (χ2n) is 2.73. The third kappa shape index (κ3) is 2.48. The molecule has 5 heteroatoms. The maximum atomic E-state index is 10.8. The molecule has 1 rings (SSSR count). The largest absolute Gasteiger partial charge is 0.478 e. The summed E-state index contributed by atoms with van der Waals surface area (Å²) in [7, 11) is 0. The summed E-state index contributed by atoms with van der Waals surface area (Å²) in [6, 6.07) is 6.59. The van der Waals surface area contributed by atoms with Crippen LogP contribution in [0.25, 0.3) is 0 Å². The lowest BCUT2D eigenvalue weighted by molar-refractivity contribution is 0.0695. The van der Waals surface area contributed by atoms with E-state index in [1.807, 2.05) is 0 Å². The minimum absolute atomic E-state index is 0.176. The normalized spacial score (nSPS) is 9.43. The minimum atomic E-state index is -0.981. The van der Waals surface area contributed by atoms with Crippen LogP contribution < -0.4 is 11.1 Å². The predicted molar refractivity (Wildman–Crippen MR) is 52.2 cm³/mol. The molecule has 0 aliphatic heterocycles. The number of guanidine groups is 1.